The predicted molar refractivity (Wildman–Crippen MR) is 127 cm³/mol. The molecule has 3 aromatic rings. The van der Waals surface area contributed by atoms with Crippen LogP contribution in [-0.2, 0) is 11.3 Å². The van der Waals surface area contributed by atoms with E-state index in [4.69, 9.17) is 4.74 Å². The minimum Gasteiger partial charge on any atom is -0.494 e. The van der Waals surface area contributed by atoms with Crippen LogP contribution in [0.3, 0.4) is 0 Å². The fourth-order valence-electron chi connectivity index (χ4n) is 4.09. The lowest BCUT2D eigenvalue weighted by Crippen LogP contribution is -2.45. The van der Waals surface area contributed by atoms with Crippen LogP contribution in [0.5, 0.6) is 5.75 Å². The van der Waals surface area contributed by atoms with Gasteiger partial charge in [0.05, 0.1) is 12.7 Å². The maximum absolute atomic E-state index is 13.1. The van der Waals surface area contributed by atoms with Crippen LogP contribution in [0.25, 0.3) is 11.1 Å². The molecule has 2 amide bonds. The molecule has 2 atom stereocenters. The van der Waals surface area contributed by atoms with Crippen LogP contribution in [0.4, 0.5) is 0 Å². The van der Waals surface area contributed by atoms with E-state index in [1.54, 1.807) is 24.3 Å². The van der Waals surface area contributed by atoms with E-state index >= 15 is 0 Å². The zero-order valence-corrected chi connectivity index (χ0v) is 18.6. The first-order valence-electron chi connectivity index (χ1n) is 11.2. The quantitative estimate of drug-likeness (QED) is 0.583. The van der Waals surface area contributed by atoms with Crippen LogP contribution < -0.4 is 10.1 Å². The molecule has 1 saturated heterocycles. The van der Waals surface area contributed by atoms with Crippen molar-refractivity contribution in [3.63, 3.8) is 0 Å². The van der Waals surface area contributed by atoms with Crippen molar-refractivity contribution in [2.24, 2.45) is 0 Å². The Morgan fingerprint density at radius 1 is 1.00 bits per heavy atom. The summed E-state index contributed by atoms with van der Waals surface area (Å²) in [5, 5.41) is 13.1. The zero-order chi connectivity index (χ0) is 23.2. The molecule has 2 unspecified atom stereocenters. The summed E-state index contributed by atoms with van der Waals surface area (Å²) in [7, 11) is 0. The minimum absolute atomic E-state index is 0.127. The number of aliphatic hydroxyl groups excluding tert-OH is 1. The van der Waals surface area contributed by atoms with Gasteiger partial charge in [0.1, 0.15) is 11.8 Å². The fraction of sp³-hybridized carbons (Fsp3) is 0.259. The Morgan fingerprint density at radius 2 is 1.73 bits per heavy atom. The molecular weight excluding hydrogens is 416 g/mol. The molecular formula is C27H28N2O4. The fourth-order valence-corrected chi connectivity index (χ4v) is 4.09. The summed E-state index contributed by atoms with van der Waals surface area (Å²) in [6.07, 6.45) is -0.514. The molecule has 1 heterocycles. The maximum Gasteiger partial charge on any atom is 0.254 e. The first-order chi connectivity index (χ1) is 16.0. The molecule has 1 aliphatic heterocycles. The third kappa shape index (κ3) is 5.41. The number of hydrogen-bond acceptors (Lipinski definition) is 4. The van der Waals surface area contributed by atoms with E-state index in [1.165, 1.54) is 4.90 Å². The van der Waals surface area contributed by atoms with E-state index in [1.807, 2.05) is 49.4 Å². The highest BCUT2D eigenvalue weighted by atomic mass is 16.5. The summed E-state index contributed by atoms with van der Waals surface area (Å²) in [4.78, 5) is 27.5. The molecule has 2 N–H and O–H groups in total. The molecule has 0 radical (unpaired) electrons. The van der Waals surface area contributed by atoms with Crippen molar-refractivity contribution in [3.05, 3.63) is 90.0 Å². The van der Waals surface area contributed by atoms with Crippen LogP contribution in [0.1, 0.15) is 29.3 Å². The third-order valence-electron chi connectivity index (χ3n) is 5.76. The summed E-state index contributed by atoms with van der Waals surface area (Å²) in [6, 6.07) is 24.3. The van der Waals surface area contributed by atoms with Gasteiger partial charge in [0.2, 0.25) is 5.91 Å². The number of ether oxygens (including phenoxy) is 1. The average molecular weight is 445 g/mol. The second-order valence-corrected chi connectivity index (χ2v) is 8.10. The van der Waals surface area contributed by atoms with E-state index in [-0.39, 0.29) is 24.8 Å². The summed E-state index contributed by atoms with van der Waals surface area (Å²) in [6.45, 7) is 2.85. The number of amides is 2. The highest BCUT2D eigenvalue weighted by Gasteiger charge is 2.39. The number of nitrogens with one attached hydrogen (secondary N) is 1. The number of rotatable bonds is 7. The Bertz CT molecular complexity index is 1100. The van der Waals surface area contributed by atoms with Crippen LogP contribution in [0.2, 0.25) is 0 Å². The molecule has 6 nitrogen and oxygen atoms in total. The van der Waals surface area contributed by atoms with Crippen LogP contribution >= 0.6 is 0 Å². The van der Waals surface area contributed by atoms with Crippen molar-refractivity contribution >= 4 is 11.8 Å². The van der Waals surface area contributed by atoms with Gasteiger partial charge in [-0.1, -0.05) is 60.7 Å². The molecule has 170 valence electrons. The van der Waals surface area contributed by atoms with E-state index < -0.39 is 12.1 Å². The Hall–Kier alpha value is -3.64. The second kappa shape index (κ2) is 10.3. The predicted octanol–water partition coefficient (Wildman–Crippen LogP) is 3.64. The van der Waals surface area contributed by atoms with Crippen molar-refractivity contribution in [2.45, 2.75) is 32.0 Å². The SMILES string of the molecule is CCOc1cccc(C(=O)N2CC(O)CC2C(=O)NCc2ccc(-c3ccccc3)cc2)c1. The van der Waals surface area contributed by atoms with Gasteiger partial charge in [0.15, 0.2) is 0 Å². The van der Waals surface area contributed by atoms with Crippen LogP contribution in [-0.4, -0.2) is 47.1 Å². The monoisotopic (exact) mass is 444 g/mol. The van der Waals surface area contributed by atoms with Crippen LogP contribution in [0, 0.1) is 0 Å². The summed E-state index contributed by atoms with van der Waals surface area (Å²) in [5.41, 5.74) is 3.64. The second-order valence-electron chi connectivity index (χ2n) is 8.10. The molecule has 1 fully saturated rings. The van der Waals surface area contributed by atoms with E-state index in [2.05, 4.69) is 17.4 Å². The topological polar surface area (TPSA) is 78.9 Å². The highest BCUT2D eigenvalue weighted by molar-refractivity contribution is 5.98. The maximum atomic E-state index is 13.1. The number of nitrogens with zero attached hydrogens (tertiary/aromatic N) is 1. The molecule has 0 saturated carbocycles. The van der Waals surface area contributed by atoms with Gasteiger partial charge >= 0.3 is 0 Å². The van der Waals surface area contributed by atoms with Crippen LogP contribution in [0.15, 0.2) is 78.9 Å². The first-order valence-corrected chi connectivity index (χ1v) is 11.2. The van der Waals surface area contributed by atoms with Gasteiger partial charge in [0, 0.05) is 25.1 Å². The van der Waals surface area contributed by atoms with E-state index in [0.717, 1.165) is 16.7 Å². The van der Waals surface area contributed by atoms with Gasteiger partial charge in [-0.25, -0.2) is 0 Å². The number of β-amino-alcohol motifs (C(OH)–C–C–N with tert-alkyl or cyclic N) is 1. The minimum atomic E-state index is -0.732. The molecule has 6 heteroatoms. The van der Waals surface area contributed by atoms with Crippen molar-refractivity contribution in [1.82, 2.24) is 10.2 Å². The third-order valence-corrected chi connectivity index (χ3v) is 5.76. The number of likely N-dealkylation sites (tertiary alicyclic amines) is 1. The van der Waals surface area contributed by atoms with Gasteiger partial charge < -0.3 is 20.1 Å². The largest absolute Gasteiger partial charge is 0.494 e. The van der Waals surface area contributed by atoms with Gasteiger partial charge in [-0.3, -0.25) is 9.59 Å². The molecule has 3 aromatic carbocycles. The molecule has 4 rings (SSSR count). The molecule has 0 bridgehead atoms. The summed E-state index contributed by atoms with van der Waals surface area (Å²) < 4.78 is 5.48. The van der Waals surface area contributed by atoms with Crippen molar-refractivity contribution < 1.29 is 19.4 Å². The Morgan fingerprint density at radius 3 is 2.45 bits per heavy atom. The first kappa shape index (κ1) is 22.6. The number of aliphatic hydroxyl groups is 1. The number of carbonyl (C=O) groups is 2. The number of benzene rings is 3. The molecule has 1 aliphatic rings. The lowest BCUT2D eigenvalue weighted by Gasteiger charge is -2.24. The van der Waals surface area contributed by atoms with E-state index in [9.17, 15) is 14.7 Å². The highest BCUT2D eigenvalue weighted by Crippen LogP contribution is 2.23. The zero-order valence-electron chi connectivity index (χ0n) is 18.6. The Balaban J connectivity index is 1.40. The van der Waals surface area contributed by atoms with Crippen molar-refractivity contribution in [3.8, 4) is 16.9 Å². The summed E-state index contributed by atoms with van der Waals surface area (Å²) in [5.74, 6) is 0.0384. The lowest BCUT2D eigenvalue weighted by atomic mass is 10.0. The van der Waals surface area contributed by atoms with Crippen molar-refractivity contribution in [2.75, 3.05) is 13.2 Å². The van der Waals surface area contributed by atoms with Gasteiger partial charge in [-0.15, -0.1) is 0 Å². The lowest BCUT2D eigenvalue weighted by molar-refractivity contribution is -0.125. The molecule has 0 spiro atoms. The molecule has 0 aliphatic carbocycles. The average Bonchev–Trinajstić information content (AvgIpc) is 3.25. The van der Waals surface area contributed by atoms with Crippen molar-refractivity contribution in [1.29, 1.82) is 0 Å². The van der Waals surface area contributed by atoms with Gasteiger partial charge in [0.25, 0.3) is 5.91 Å². The Kier molecular flexibility index (Phi) is 7.05. The normalized spacial score (nSPS) is 17.6. The summed E-state index contributed by atoms with van der Waals surface area (Å²) >= 11 is 0. The Labute approximate surface area is 193 Å². The number of hydrogen-bond donors (Lipinski definition) is 2. The standard InChI is InChI=1S/C27H28N2O4/c1-2-33-24-10-6-9-22(15-24)27(32)29-18-23(30)16-25(29)26(31)28-17-19-11-13-21(14-12-19)20-7-4-3-5-8-20/h3-15,23,25,30H,2,16-18H2,1H3,(H,28,31). The van der Waals surface area contributed by atoms with E-state index in [0.29, 0.717) is 24.5 Å². The number of carbonyl (C=O) groups excluding carboxylic acids is 2. The smallest absolute Gasteiger partial charge is 0.254 e. The molecule has 33 heavy (non-hydrogen) atoms. The molecule has 0 aromatic heterocycles. The van der Waals surface area contributed by atoms with Gasteiger partial charge in [-0.05, 0) is 41.8 Å². The van der Waals surface area contributed by atoms with Gasteiger partial charge in [-0.2, -0.15) is 0 Å².